The predicted octanol–water partition coefficient (Wildman–Crippen LogP) is -3.23. The molecule has 11 heavy (non-hydrogen) atoms. The van der Waals surface area contributed by atoms with Crippen LogP contribution in [-0.4, -0.2) is 71.4 Å². The molecule has 0 radical (unpaired) electrons. The molecule has 0 spiro atoms. The minimum atomic E-state index is -5.17. The molecule has 0 aromatic rings. The maximum absolute atomic E-state index is 8.52. The van der Waals surface area contributed by atoms with Gasteiger partial charge in [0.2, 0.25) is 0 Å². The molecule has 0 aromatic carbocycles. The van der Waals surface area contributed by atoms with Crippen LogP contribution >= 0.6 is 0 Å². The van der Waals surface area contributed by atoms with Crippen molar-refractivity contribution in [2.45, 2.75) is 0 Å². The summed E-state index contributed by atoms with van der Waals surface area (Å²) in [7, 11) is -5.17. The van der Waals surface area contributed by atoms with Gasteiger partial charge in [-0.25, -0.2) is 0 Å². The van der Waals surface area contributed by atoms with Crippen molar-refractivity contribution in [3.05, 3.63) is 4.91 Å². The minimum Gasteiger partial charge on any atom is -0.759 e. The molecule has 0 unspecified atom stereocenters. The van der Waals surface area contributed by atoms with Crippen molar-refractivity contribution < 1.29 is 33.7 Å². The SMILES string of the molecule is O.O.O=NO.O=S(=O)([O-])[O-].[Ca+2]. The second kappa shape index (κ2) is 16.8. The third kappa shape index (κ3) is 3690. The van der Waals surface area contributed by atoms with Crippen LogP contribution in [0.15, 0.2) is 5.34 Å². The zero-order valence-corrected chi connectivity index (χ0v) is 8.08. The Bertz CT molecular complexity index is 128. The monoisotopic (exact) mass is 219 g/mol. The van der Waals surface area contributed by atoms with Gasteiger partial charge in [0, 0.05) is 10.4 Å². The van der Waals surface area contributed by atoms with Crippen LogP contribution in [0.25, 0.3) is 0 Å². The smallest absolute Gasteiger partial charge is 0.759 e. The molecule has 0 aliphatic heterocycles. The summed E-state index contributed by atoms with van der Waals surface area (Å²) < 4.78 is 34.1. The van der Waals surface area contributed by atoms with E-state index in [0.717, 1.165) is 0 Å². The van der Waals surface area contributed by atoms with Crippen molar-refractivity contribution >= 4 is 48.1 Å². The largest absolute Gasteiger partial charge is 2.00 e. The van der Waals surface area contributed by atoms with Gasteiger partial charge in [0.05, 0.1) is 0 Å². The van der Waals surface area contributed by atoms with E-state index in [-0.39, 0.29) is 48.7 Å². The van der Waals surface area contributed by atoms with Gasteiger partial charge in [-0.2, -0.15) is 0 Å². The van der Waals surface area contributed by atoms with Crippen molar-refractivity contribution in [3.63, 3.8) is 0 Å². The molecule has 66 valence electrons. The van der Waals surface area contributed by atoms with Crippen molar-refractivity contribution in [3.8, 4) is 0 Å². The zero-order valence-electron chi connectivity index (χ0n) is 5.05. The van der Waals surface area contributed by atoms with Crippen LogP contribution in [0.2, 0.25) is 0 Å². The maximum atomic E-state index is 8.52. The second-order valence-corrected chi connectivity index (χ2v) is 1.31. The third-order valence-electron chi connectivity index (χ3n) is 0. The van der Waals surface area contributed by atoms with E-state index in [4.69, 9.17) is 27.6 Å². The normalized spacial score (nSPS) is 6.36. The van der Waals surface area contributed by atoms with Crippen LogP contribution in [0.1, 0.15) is 0 Å². The van der Waals surface area contributed by atoms with Gasteiger partial charge in [-0.3, -0.25) is 8.42 Å². The van der Waals surface area contributed by atoms with Crippen LogP contribution in [0.3, 0.4) is 0 Å². The van der Waals surface area contributed by atoms with Crippen molar-refractivity contribution in [2.24, 2.45) is 5.34 Å². The summed E-state index contributed by atoms with van der Waals surface area (Å²) in [5.74, 6) is 0. The Morgan fingerprint density at radius 3 is 1.18 bits per heavy atom. The standard InChI is InChI=1S/Ca.HNO2.H2O4S.2H2O/c;2-1-3;1-5(2,3)4;;/h;(H,2,3);(H2,1,2,3,4);2*1H2/q+2;;;;/p-2. The zero-order chi connectivity index (χ0) is 7.21. The average molecular weight is 219 g/mol. The van der Waals surface area contributed by atoms with E-state index in [0.29, 0.717) is 0 Å². The molecular weight excluding hydrogens is 214 g/mol. The van der Waals surface area contributed by atoms with Gasteiger partial charge in [0.25, 0.3) is 0 Å². The molecule has 9 nitrogen and oxygen atoms in total. The molecule has 0 saturated carbocycles. The second-order valence-electron chi connectivity index (χ2n) is 0.490. The molecule has 0 fully saturated rings. The molecule has 0 aliphatic carbocycles. The summed E-state index contributed by atoms with van der Waals surface area (Å²) in [5.41, 5.74) is 0. The molecule has 0 aliphatic rings. The van der Waals surface area contributed by atoms with Crippen LogP contribution in [0.4, 0.5) is 0 Å². The quantitative estimate of drug-likeness (QED) is 0.146. The fourth-order valence-corrected chi connectivity index (χ4v) is 0. The topological polar surface area (TPSA) is 193 Å². The molecule has 0 atom stereocenters. The van der Waals surface area contributed by atoms with E-state index in [1.54, 1.807) is 0 Å². The van der Waals surface area contributed by atoms with E-state index in [2.05, 4.69) is 0 Å². The van der Waals surface area contributed by atoms with Gasteiger partial charge in [-0.05, 0) is 0 Å². The first-order valence-electron chi connectivity index (χ1n) is 1.05. The molecule has 5 N–H and O–H groups in total. The first-order chi connectivity index (χ1) is 3.41. The minimum absolute atomic E-state index is 0. The van der Waals surface area contributed by atoms with Crippen LogP contribution < -0.4 is 0 Å². The molecule has 0 heterocycles. The summed E-state index contributed by atoms with van der Waals surface area (Å²) in [5, 5.41) is 7.89. The Kier molecular flexibility index (Phi) is 45.9. The predicted molar refractivity (Wildman–Crippen MR) is 31.0 cm³/mol. The molecule has 0 bridgehead atoms. The maximum Gasteiger partial charge on any atom is 2.00 e. The number of nitrogens with zero attached hydrogens (tertiary/aromatic N) is 1. The fraction of sp³-hybridized carbons (Fsp3) is 0. The first kappa shape index (κ1) is 30.1. The van der Waals surface area contributed by atoms with Crippen molar-refractivity contribution in [1.29, 1.82) is 0 Å². The van der Waals surface area contributed by atoms with Gasteiger partial charge < -0.3 is 25.3 Å². The molecule has 0 saturated heterocycles. The molecule has 0 rings (SSSR count). The Labute approximate surface area is 91.5 Å². The number of rotatable bonds is 0. The van der Waals surface area contributed by atoms with E-state index < -0.39 is 10.4 Å². The third-order valence-corrected chi connectivity index (χ3v) is 0. The first-order valence-corrected chi connectivity index (χ1v) is 2.38. The van der Waals surface area contributed by atoms with Crippen molar-refractivity contribution in [1.82, 2.24) is 0 Å². The van der Waals surface area contributed by atoms with E-state index >= 15 is 0 Å². The van der Waals surface area contributed by atoms with Crippen molar-refractivity contribution in [2.75, 3.05) is 0 Å². The van der Waals surface area contributed by atoms with Gasteiger partial charge >= 0.3 is 37.7 Å². The number of hydrogen-bond donors (Lipinski definition) is 1. The molecule has 11 heteroatoms. The molecular formula is H5CaNO8S. The fourth-order valence-electron chi connectivity index (χ4n) is 0. The Morgan fingerprint density at radius 1 is 1.18 bits per heavy atom. The van der Waals surface area contributed by atoms with Gasteiger partial charge in [-0.15, -0.1) is 4.91 Å². The van der Waals surface area contributed by atoms with E-state index in [9.17, 15) is 0 Å². The average Bonchev–Trinajstić information content (AvgIpc) is 1.27. The Balaban J connectivity index is -0.0000000183. The van der Waals surface area contributed by atoms with Gasteiger partial charge in [0.15, 0.2) is 5.34 Å². The van der Waals surface area contributed by atoms with Crippen LogP contribution in [0, 0.1) is 4.91 Å². The Morgan fingerprint density at radius 2 is 1.18 bits per heavy atom. The summed E-state index contributed by atoms with van der Waals surface area (Å²) in [6.07, 6.45) is 0. The van der Waals surface area contributed by atoms with Crippen LogP contribution in [0.5, 0.6) is 0 Å². The van der Waals surface area contributed by atoms with E-state index in [1.165, 1.54) is 5.34 Å². The summed E-state index contributed by atoms with van der Waals surface area (Å²) >= 11 is 0. The Hall–Kier alpha value is 0.450. The summed E-state index contributed by atoms with van der Waals surface area (Å²) in [6.45, 7) is 0. The van der Waals surface area contributed by atoms with Crippen LogP contribution in [-0.2, 0) is 10.4 Å². The molecule has 0 aromatic heterocycles. The van der Waals surface area contributed by atoms with Gasteiger partial charge in [0.1, 0.15) is 0 Å². The van der Waals surface area contributed by atoms with E-state index in [1.807, 2.05) is 0 Å². The number of hydrogen-bond acceptors (Lipinski definition) is 6. The summed E-state index contributed by atoms with van der Waals surface area (Å²) in [6, 6.07) is 0. The van der Waals surface area contributed by atoms with Gasteiger partial charge in [-0.1, -0.05) is 0 Å². The summed E-state index contributed by atoms with van der Waals surface area (Å²) in [4.78, 5) is 8.11. The molecule has 0 amide bonds.